The number of carbonyl (C=O) groups is 2. The fourth-order valence-electron chi connectivity index (χ4n) is 5.13. The number of anilines is 3. The molecule has 0 saturated carbocycles. The third-order valence-corrected chi connectivity index (χ3v) is 7.39. The second-order valence-corrected chi connectivity index (χ2v) is 11.0. The minimum atomic E-state index is -0.476. The van der Waals surface area contributed by atoms with E-state index in [2.05, 4.69) is 0 Å². The van der Waals surface area contributed by atoms with Crippen LogP contribution in [0.2, 0.25) is 0 Å². The molecule has 2 aromatic rings. The van der Waals surface area contributed by atoms with E-state index in [1.807, 2.05) is 55.0 Å². The molecule has 12 heteroatoms. The number of nitrogens with zero attached hydrogens (tertiary/aromatic N) is 5. The number of hydrogen-bond donors (Lipinski definition) is 1. The van der Waals surface area contributed by atoms with Gasteiger partial charge in [0, 0.05) is 50.8 Å². The van der Waals surface area contributed by atoms with Crippen molar-refractivity contribution in [3.63, 3.8) is 0 Å². The molecule has 2 aliphatic heterocycles. The highest BCUT2D eigenvalue weighted by Gasteiger charge is 2.28. The monoisotopic (exact) mass is 584 g/mol. The van der Waals surface area contributed by atoms with Gasteiger partial charge in [-0.15, -0.1) is 0 Å². The van der Waals surface area contributed by atoms with E-state index >= 15 is 0 Å². The van der Waals surface area contributed by atoms with E-state index in [9.17, 15) is 19.7 Å². The number of benzene rings is 2. The maximum absolute atomic E-state index is 12.4. The zero-order valence-corrected chi connectivity index (χ0v) is 25.6. The second kappa shape index (κ2) is 14.8. The maximum atomic E-state index is 12.4. The van der Waals surface area contributed by atoms with Gasteiger partial charge in [0.05, 0.1) is 30.5 Å². The van der Waals surface area contributed by atoms with Crippen molar-refractivity contribution in [1.29, 1.82) is 0 Å². The van der Waals surface area contributed by atoms with Crippen molar-refractivity contribution in [3.05, 3.63) is 45.5 Å². The number of nitro groups is 1. The Morgan fingerprint density at radius 1 is 0.833 bits per heavy atom. The molecule has 2 N–H and O–H groups in total. The minimum Gasteiger partial charge on any atom is -0.495 e. The Labute approximate surface area is 248 Å². The van der Waals surface area contributed by atoms with Crippen LogP contribution in [0.1, 0.15) is 36.8 Å². The molecule has 0 bridgehead atoms. The lowest BCUT2D eigenvalue weighted by Gasteiger charge is -2.30. The van der Waals surface area contributed by atoms with E-state index in [0.717, 1.165) is 55.6 Å². The maximum Gasteiger partial charge on any atom is 0.313 e. The summed E-state index contributed by atoms with van der Waals surface area (Å²) in [5, 5.41) is 11.2. The van der Waals surface area contributed by atoms with Crippen molar-refractivity contribution in [1.82, 2.24) is 9.80 Å². The first-order valence-corrected chi connectivity index (χ1v) is 14.2. The van der Waals surface area contributed by atoms with Gasteiger partial charge >= 0.3 is 5.69 Å². The van der Waals surface area contributed by atoms with E-state index in [0.29, 0.717) is 43.1 Å². The number of nitro benzene ring substituents is 1. The van der Waals surface area contributed by atoms with E-state index < -0.39 is 4.92 Å². The summed E-state index contributed by atoms with van der Waals surface area (Å²) in [6.45, 7) is 2.78. The standard InChI is InChI=1S/C15H21N3O4.C15H23N3O2/c1-16(2)8-6-15(19)17-7-4-5-11-9-14(22-3)13(18(20)21)10-12(11)17;1-17(2)8-6-15(19)18-7-4-5-11-9-14(20-3)12(16)10-13(11)18/h9-10H,4-8H2,1-3H3;9-10H,4-8,16H2,1-3H3. The molecule has 2 aromatic carbocycles. The van der Waals surface area contributed by atoms with Crippen LogP contribution in [0.15, 0.2) is 24.3 Å². The molecule has 0 fully saturated rings. The number of hydrogen-bond acceptors (Lipinski definition) is 9. The molecule has 0 aliphatic carbocycles. The van der Waals surface area contributed by atoms with E-state index in [1.54, 1.807) is 18.1 Å². The average molecular weight is 585 g/mol. The van der Waals surface area contributed by atoms with Gasteiger partial charge in [0.1, 0.15) is 5.75 Å². The average Bonchev–Trinajstić information content (AvgIpc) is 2.97. The number of methoxy groups -OCH3 is 2. The van der Waals surface area contributed by atoms with Gasteiger partial charge in [-0.1, -0.05) is 0 Å². The van der Waals surface area contributed by atoms with Crippen molar-refractivity contribution in [2.75, 3.05) is 84.1 Å². The van der Waals surface area contributed by atoms with Gasteiger partial charge < -0.3 is 34.8 Å². The molecule has 4 rings (SSSR count). The Kier molecular flexibility index (Phi) is 11.5. The van der Waals surface area contributed by atoms with Gasteiger partial charge in [0.15, 0.2) is 5.75 Å². The third-order valence-electron chi connectivity index (χ3n) is 7.39. The number of nitrogens with two attached hydrogens (primary N) is 1. The summed E-state index contributed by atoms with van der Waals surface area (Å²) in [7, 11) is 10.8. The summed E-state index contributed by atoms with van der Waals surface area (Å²) in [4.78, 5) is 42.9. The van der Waals surface area contributed by atoms with Crippen LogP contribution < -0.4 is 25.0 Å². The van der Waals surface area contributed by atoms with Gasteiger partial charge in [0.25, 0.3) is 0 Å². The number of aryl methyl sites for hydroxylation is 2. The second-order valence-electron chi connectivity index (χ2n) is 11.0. The number of carbonyl (C=O) groups excluding carboxylic acids is 2. The predicted molar refractivity (Wildman–Crippen MR) is 165 cm³/mol. The molecule has 230 valence electrons. The number of ether oxygens (including phenoxy) is 2. The third kappa shape index (κ3) is 8.10. The van der Waals surface area contributed by atoms with Gasteiger partial charge in [0.2, 0.25) is 11.8 Å². The number of nitrogen functional groups attached to an aromatic ring is 1. The number of fused-ring (bicyclic) bond motifs is 2. The smallest absolute Gasteiger partial charge is 0.313 e. The summed E-state index contributed by atoms with van der Waals surface area (Å²) in [5.74, 6) is 1.08. The lowest BCUT2D eigenvalue weighted by atomic mass is 10.00. The van der Waals surface area contributed by atoms with Crippen molar-refractivity contribution in [2.45, 2.75) is 38.5 Å². The summed E-state index contributed by atoms with van der Waals surface area (Å²) in [6.07, 6.45) is 4.50. The summed E-state index contributed by atoms with van der Waals surface area (Å²) >= 11 is 0. The van der Waals surface area contributed by atoms with E-state index in [1.165, 1.54) is 13.2 Å². The molecule has 12 nitrogen and oxygen atoms in total. The summed E-state index contributed by atoms with van der Waals surface area (Å²) in [6, 6.07) is 6.96. The molecule has 0 radical (unpaired) electrons. The van der Waals surface area contributed by atoms with E-state index in [-0.39, 0.29) is 23.3 Å². The first-order chi connectivity index (χ1) is 20.0. The van der Waals surface area contributed by atoms with Crippen LogP contribution in [0.25, 0.3) is 0 Å². The molecule has 0 unspecified atom stereocenters. The van der Waals surface area contributed by atoms with Crippen molar-refractivity contribution in [3.8, 4) is 11.5 Å². The molecule has 0 spiro atoms. The largest absolute Gasteiger partial charge is 0.495 e. The minimum absolute atomic E-state index is 0.00545. The number of amides is 2. The van der Waals surface area contributed by atoms with Crippen LogP contribution >= 0.6 is 0 Å². The van der Waals surface area contributed by atoms with Crippen LogP contribution in [0.4, 0.5) is 22.7 Å². The zero-order valence-electron chi connectivity index (χ0n) is 25.6. The zero-order chi connectivity index (χ0) is 31.0. The molecule has 0 atom stereocenters. The topological polar surface area (TPSA) is 135 Å². The van der Waals surface area contributed by atoms with Gasteiger partial charge in [-0.2, -0.15) is 0 Å². The van der Waals surface area contributed by atoms with E-state index in [4.69, 9.17) is 15.2 Å². The van der Waals surface area contributed by atoms with Crippen molar-refractivity contribution in [2.24, 2.45) is 0 Å². The Balaban J connectivity index is 0.000000231. The molecule has 0 aromatic heterocycles. The lowest BCUT2D eigenvalue weighted by Crippen LogP contribution is -2.37. The molecular formula is C30H44N6O6. The molecule has 2 heterocycles. The Hall–Kier alpha value is -3.90. The fraction of sp³-hybridized carbons (Fsp3) is 0.533. The first kappa shape index (κ1) is 32.6. The fourth-order valence-corrected chi connectivity index (χ4v) is 5.13. The van der Waals surface area contributed by atoms with Gasteiger partial charge in [-0.05, 0) is 83.2 Å². The van der Waals surface area contributed by atoms with Crippen LogP contribution in [-0.4, -0.2) is 95.1 Å². The molecule has 2 aliphatic rings. The predicted octanol–water partition coefficient (Wildman–Crippen LogP) is 3.34. The highest BCUT2D eigenvalue weighted by molar-refractivity contribution is 5.96. The SMILES string of the molecule is COc1cc2c(cc1N)N(C(=O)CCN(C)C)CCC2.COc1cc2c(cc1[N+](=O)[O-])N(C(=O)CCN(C)C)CCC2. The Morgan fingerprint density at radius 2 is 1.29 bits per heavy atom. The molecule has 2 amide bonds. The Bertz CT molecular complexity index is 1280. The highest BCUT2D eigenvalue weighted by Crippen LogP contribution is 2.38. The van der Waals surface area contributed by atoms with Crippen molar-refractivity contribution >= 4 is 34.6 Å². The highest BCUT2D eigenvalue weighted by atomic mass is 16.6. The number of rotatable bonds is 9. The van der Waals surface area contributed by atoms with Crippen LogP contribution in [0.3, 0.4) is 0 Å². The quantitative estimate of drug-likeness (QED) is 0.267. The van der Waals surface area contributed by atoms with Gasteiger partial charge in [-0.25, -0.2) is 0 Å². The molecule has 42 heavy (non-hydrogen) atoms. The van der Waals surface area contributed by atoms with Crippen LogP contribution in [0.5, 0.6) is 11.5 Å². The normalized spacial score (nSPS) is 14.1. The summed E-state index contributed by atoms with van der Waals surface area (Å²) in [5.41, 5.74) is 10.1. The first-order valence-electron chi connectivity index (χ1n) is 14.2. The van der Waals surface area contributed by atoms with Crippen LogP contribution in [0, 0.1) is 10.1 Å². The molecular weight excluding hydrogens is 540 g/mol. The van der Waals surface area contributed by atoms with Gasteiger partial charge in [-0.3, -0.25) is 19.7 Å². The van der Waals surface area contributed by atoms with Crippen molar-refractivity contribution < 1.29 is 24.0 Å². The molecule has 0 saturated heterocycles. The summed E-state index contributed by atoms with van der Waals surface area (Å²) < 4.78 is 10.3. The Morgan fingerprint density at radius 3 is 1.71 bits per heavy atom. The lowest BCUT2D eigenvalue weighted by molar-refractivity contribution is -0.385. The van der Waals surface area contributed by atoms with Crippen LogP contribution in [-0.2, 0) is 22.4 Å².